The Morgan fingerprint density at radius 2 is 2.05 bits per heavy atom. The molecule has 19 heavy (non-hydrogen) atoms. The second-order valence-electron chi connectivity index (χ2n) is 4.43. The van der Waals surface area contributed by atoms with Gasteiger partial charge >= 0.3 is 5.97 Å². The lowest BCUT2D eigenvalue weighted by Crippen LogP contribution is -2.31. The van der Waals surface area contributed by atoms with Crippen LogP contribution in [0.4, 0.5) is 0 Å². The topological polar surface area (TPSA) is 114 Å². The quantitative estimate of drug-likeness (QED) is 0.776. The number of carboxylic acids is 1. The highest BCUT2D eigenvalue weighted by Gasteiger charge is 2.26. The van der Waals surface area contributed by atoms with Gasteiger partial charge in [-0.05, 0) is 30.9 Å². The molecule has 0 radical (unpaired) electrons. The van der Waals surface area contributed by atoms with E-state index in [9.17, 15) is 18.0 Å². The zero-order valence-electron chi connectivity index (χ0n) is 9.96. The van der Waals surface area contributed by atoms with Gasteiger partial charge in [0.25, 0.3) is 0 Å². The number of carboxylic acid groups (broad SMARTS) is 1. The minimum Gasteiger partial charge on any atom is -0.475 e. The number of furan rings is 1. The fourth-order valence-electron chi connectivity index (χ4n) is 1.48. The zero-order chi connectivity index (χ0) is 14.0. The second-order valence-corrected chi connectivity index (χ2v) is 6.35. The monoisotopic (exact) mass is 287 g/mol. The Morgan fingerprint density at radius 3 is 2.58 bits per heavy atom. The molecule has 8 heteroatoms. The van der Waals surface area contributed by atoms with Gasteiger partial charge in [-0.1, -0.05) is 0 Å². The highest BCUT2D eigenvalue weighted by atomic mass is 32.2. The lowest BCUT2D eigenvalue weighted by atomic mass is 10.4. The summed E-state index contributed by atoms with van der Waals surface area (Å²) in [6.07, 6.45) is 2.10. The first-order valence-electron chi connectivity index (χ1n) is 5.71. The van der Waals surface area contributed by atoms with E-state index < -0.39 is 38.3 Å². The molecule has 1 amide bonds. The molecule has 1 heterocycles. The van der Waals surface area contributed by atoms with Crippen LogP contribution in [0.15, 0.2) is 21.6 Å². The normalized spacial score (nSPS) is 15.2. The molecule has 1 saturated carbocycles. The standard InChI is InChI=1S/C11H13NO6S/c13-9(12-5-7-1-2-7)6-19(16,17)10-4-3-8(18-10)11(14)15/h3-4,7H,1-2,5-6H2,(H,12,13)(H,14,15). The maximum absolute atomic E-state index is 11.8. The first-order chi connectivity index (χ1) is 8.88. The van der Waals surface area contributed by atoms with Crippen molar-refractivity contribution in [2.24, 2.45) is 5.92 Å². The minimum atomic E-state index is -3.94. The molecule has 1 aliphatic rings. The van der Waals surface area contributed by atoms with E-state index in [0.717, 1.165) is 25.0 Å². The maximum Gasteiger partial charge on any atom is 0.371 e. The van der Waals surface area contributed by atoms with Crippen LogP contribution >= 0.6 is 0 Å². The van der Waals surface area contributed by atoms with Gasteiger partial charge < -0.3 is 14.8 Å². The van der Waals surface area contributed by atoms with Crippen molar-refractivity contribution >= 4 is 21.7 Å². The summed E-state index contributed by atoms with van der Waals surface area (Å²) in [6.45, 7) is 0.479. The van der Waals surface area contributed by atoms with Crippen LogP contribution in [-0.4, -0.2) is 37.7 Å². The largest absolute Gasteiger partial charge is 0.475 e. The van der Waals surface area contributed by atoms with Crippen molar-refractivity contribution in [2.75, 3.05) is 12.3 Å². The summed E-state index contributed by atoms with van der Waals surface area (Å²) >= 11 is 0. The van der Waals surface area contributed by atoms with Gasteiger partial charge in [0.15, 0.2) is 0 Å². The Morgan fingerprint density at radius 1 is 1.37 bits per heavy atom. The van der Waals surface area contributed by atoms with Crippen molar-refractivity contribution in [3.05, 3.63) is 17.9 Å². The molecular weight excluding hydrogens is 274 g/mol. The summed E-state index contributed by atoms with van der Waals surface area (Å²) in [7, 11) is -3.94. The van der Waals surface area contributed by atoms with Crippen LogP contribution in [0.2, 0.25) is 0 Å². The number of carbonyl (C=O) groups excluding carboxylic acids is 1. The summed E-state index contributed by atoms with van der Waals surface area (Å²) < 4.78 is 28.3. The van der Waals surface area contributed by atoms with Gasteiger partial charge in [0.1, 0.15) is 5.75 Å². The van der Waals surface area contributed by atoms with Gasteiger partial charge in [-0.2, -0.15) is 0 Å². The predicted molar refractivity (Wildman–Crippen MR) is 63.5 cm³/mol. The molecule has 2 rings (SSSR count). The smallest absolute Gasteiger partial charge is 0.371 e. The third-order valence-corrected chi connectivity index (χ3v) is 4.18. The fourth-order valence-corrected chi connectivity index (χ4v) is 2.56. The highest BCUT2D eigenvalue weighted by Crippen LogP contribution is 2.27. The van der Waals surface area contributed by atoms with Gasteiger partial charge in [-0.3, -0.25) is 4.79 Å². The number of amides is 1. The van der Waals surface area contributed by atoms with Gasteiger partial charge in [0.2, 0.25) is 26.6 Å². The zero-order valence-corrected chi connectivity index (χ0v) is 10.8. The number of nitrogens with one attached hydrogen (secondary N) is 1. The Balaban J connectivity index is 1.99. The van der Waals surface area contributed by atoms with E-state index in [0.29, 0.717) is 12.5 Å². The van der Waals surface area contributed by atoms with Crippen molar-refractivity contribution in [1.29, 1.82) is 0 Å². The molecule has 0 spiro atoms. The lowest BCUT2D eigenvalue weighted by Gasteiger charge is -2.03. The van der Waals surface area contributed by atoms with Crippen LogP contribution in [-0.2, 0) is 14.6 Å². The summed E-state index contributed by atoms with van der Waals surface area (Å²) in [5.41, 5.74) is 0. The third kappa shape index (κ3) is 3.57. The van der Waals surface area contributed by atoms with Crippen LogP contribution in [0, 0.1) is 5.92 Å². The SMILES string of the molecule is O=C(CS(=O)(=O)c1ccc(C(=O)O)o1)NCC1CC1. The number of sulfone groups is 1. The van der Waals surface area contributed by atoms with Crippen LogP contribution in [0.1, 0.15) is 23.4 Å². The van der Waals surface area contributed by atoms with Crippen LogP contribution in [0.5, 0.6) is 0 Å². The van der Waals surface area contributed by atoms with Crippen LogP contribution < -0.4 is 5.32 Å². The van der Waals surface area contributed by atoms with Crippen molar-refractivity contribution in [3.8, 4) is 0 Å². The average Bonchev–Trinajstić information content (AvgIpc) is 2.99. The molecule has 0 bridgehead atoms. The molecular formula is C11H13NO6S. The van der Waals surface area contributed by atoms with Crippen molar-refractivity contribution in [3.63, 3.8) is 0 Å². The summed E-state index contributed by atoms with van der Waals surface area (Å²) in [5, 5.41) is 10.6. The fraction of sp³-hybridized carbons (Fsp3) is 0.455. The molecule has 0 aromatic carbocycles. The second kappa shape index (κ2) is 5.04. The molecule has 1 aromatic rings. The Hall–Kier alpha value is -1.83. The molecule has 1 fully saturated rings. The number of aromatic carboxylic acids is 1. The molecule has 1 aliphatic carbocycles. The van der Waals surface area contributed by atoms with E-state index in [1.54, 1.807) is 0 Å². The molecule has 0 aliphatic heterocycles. The Labute approximate surface area is 109 Å². The number of hydrogen-bond donors (Lipinski definition) is 2. The van der Waals surface area contributed by atoms with E-state index in [1.165, 1.54) is 0 Å². The first kappa shape index (κ1) is 13.6. The van der Waals surface area contributed by atoms with Crippen LogP contribution in [0.3, 0.4) is 0 Å². The van der Waals surface area contributed by atoms with Gasteiger partial charge in [0, 0.05) is 6.54 Å². The molecule has 0 atom stereocenters. The minimum absolute atomic E-state index is 0.453. The summed E-state index contributed by atoms with van der Waals surface area (Å²) in [5.74, 6) is -2.74. The third-order valence-electron chi connectivity index (χ3n) is 2.70. The molecule has 7 nitrogen and oxygen atoms in total. The maximum atomic E-state index is 11.8. The first-order valence-corrected chi connectivity index (χ1v) is 7.36. The number of carbonyl (C=O) groups is 2. The van der Waals surface area contributed by atoms with Crippen molar-refractivity contribution in [2.45, 2.75) is 17.9 Å². The predicted octanol–water partition coefficient (Wildman–Crippen LogP) is 0.278. The highest BCUT2D eigenvalue weighted by molar-refractivity contribution is 7.92. The van der Waals surface area contributed by atoms with E-state index in [-0.39, 0.29) is 0 Å². The van der Waals surface area contributed by atoms with E-state index >= 15 is 0 Å². The summed E-state index contributed by atoms with van der Waals surface area (Å²) in [4.78, 5) is 22.0. The average molecular weight is 287 g/mol. The van der Waals surface area contributed by atoms with E-state index in [4.69, 9.17) is 5.11 Å². The molecule has 0 saturated heterocycles. The lowest BCUT2D eigenvalue weighted by molar-refractivity contribution is -0.118. The van der Waals surface area contributed by atoms with E-state index in [2.05, 4.69) is 9.73 Å². The Kier molecular flexibility index (Phi) is 3.61. The molecule has 1 aromatic heterocycles. The van der Waals surface area contributed by atoms with Gasteiger partial charge in [-0.25, -0.2) is 13.2 Å². The molecule has 0 unspecified atom stereocenters. The van der Waals surface area contributed by atoms with Crippen molar-refractivity contribution < 1.29 is 27.5 Å². The van der Waals surface area contributed by atoms with Crippen LogP contribution in [0.25, 0.3) is 0 Å². The van der Waals surface area contributed by atoms with Gasteiger partial charge in [0.05, 0.1) is 0 Å². The van der Waals surface area contributed by atoms with E-state index in [1.807, 2.05) is 0 Å². The molecule has 104 valence electrons. The Bertz CT molecular complexity index is 598. The number of rotatable bonds is 6. The van der Waals surface area contributed by atoms with Gasteiger partial charge in [-0.15, -0.1) is 0 Å². The molecule has 2 N–H and O–H groups in total. The van der Waals surface area contributed by atoms with Crippen molar-refractivity contribution in [1.82, 2.24) is 5.32 Å². The summed E-state index contributed by atoms with van der Waals surface area (Å²) in [6, 6.07) is 2.07. The number of hydrogen-bond acceptors (Lipinski definition) is 5.